The van der Waals surface area contributed by atoms with Crippen molar-refractivity contribution in [2.45, 2.75) is 0 Å². The zero-order valence-electron chi connectivity index (χ0n) is 15.0. The molecule has 0 radical (unpaired) electrons. The van der Waals surface area contributed by atoms with Crippen molar-refractivity contribution in [2.24, 2.45) is 0 Å². The van der Waals surface area contributed by atoms with E-state index in [9.17, 15) is 0 Å². The molecule has 0 amide bonds. The van der Waals surface area contributed by atoms with Gasteiger partial charge in [-0.25, -0.2) is 0 Å². The quantitative estimate of drug-likeness (QED) is 0.138. The van der Waals surface area contributed by atoms with Crippen molar-refractivity contribution in [1.29, 1.82) is 0 Å². The minimum absolute atomic E-state index is 0. The van der Waals surface area contributed by atoms with Crippen molar-refractivity contribution in [1.82, 2.24) is 0 Å². The highest BCUT2D eigenvalue weighted by Crippen LogP contribution is 1.42. The lowest BCUT2D eigenvalue weighted by Gasteiger charge is -1.69. The van der Waals surface area contributed by atoms with Crippen molar-refractivity contribution in [2.75, 3.05) is 0 Å². The smallest absolute Gasteiger partial charge is 0.412 e. The maximum atomic E-state index is 7.17. The third kappa shape index (κ3) is 59200. The van der Waals surface area contributed by atoms with Gasteiger partial charge in [-0.15, -0.1) is 0 Å². The first-order valence-electron chi connectivity index (χ1n) is 4.65. The molecule has 31 heavy (non-hydrogen) atoms. The van der Waals surface area contributed by atoms with Crippen LogP contribution >= 0.6 is 0 Å². The molecule has 0 aromatic carbocycles. The Morgan fingerprint density at radius 3 is 0.161 bits per heavy atom. The van der Waals surface area contributed by atoms with Gasteiger partial charge in [-0.2, -0.15) is 0 Å². The Kier molecular flexibility index (Phi) is 219. The van der Waals surface area contributed by atoms with E-state index in [1.54, 1.807) is 0 Å². The van der Waals surface area contributed by atoms with Gasteiger partial charge >= 0.3 is 43.9 Å². The predicted octanol–water partition coefficient (Wildman–Crippen LogP) is -18.1. The van der Waals surface area contributed by atoms with Crippen molar-refractivity contribution >= 4 is 43.9 Å². The topological polar surface area (TPSA) is 585 Å². The van der Waals surface area contributed by atoms with Crippen molar-refractivity contribution < 1.29 is 129 Å². The van der Waals surface area contributed by atoms with Crippen LogP contribution in [0.2, 0.25) is 0 Å². The van der Waals surface area contributed by atoms with Crippen LogP contribution in [-0.2, 0) is 0 Å². The Labute approximate surface area is 174 Å². The van der Waals surface area contributed by atoms with Crippen LogP contribution in [0.25, 0.3) is 0 Å². The molecule has 0 aromatic rings. The Morgan fingerprint density at radius 1 is 0.161 bits per heavy atom. The van der Waals surface area contributed by atoms with Gasteiger partial charge in [0.1, 0.15) is 0 Å². The summed E-state index contributed by atoms with van der Waals surface area (Å²) in [6.45, 7) is 0. The average molecular weight is 497 g/mol. The Hall–Kier alpha value is -0.610. The zero-order valence-corrected chi connectivity index (χ0v) is 15.0. The summed E-state index contributed by atoms with van der Waals surface area (Å²) < 4.78 is 0. The summed E-state index contributed by atoms with van der Waals surface area (Å²) in [4.78, 5) is 0. The van der Waals surface area contributed by atoms with Crippen LogP contribution < -0.4 is 0 Å². The predicted molar refractivity (Wildman–Crippen MR) is 99.8 cm³/mol. The van der Waals surface area contributed by atoms with Gasteiger partial charge in [0.05, 0.1) is 0 Å². The summed E-state index contributed by atoms with van der Waals surface area (Å²) in [5.74, 6) is 0. The standard InChI is InChI=1S/6BH3O3.7H2O/c6*2-1(3)4;;;;;;;/h6*2-4H;7*1H2. The average Bonchev–Trinajstić information content (AvgIpc) is 2.08. The molecule has 0 aromatic heterocycles. The molecule has 0 aliphatic heterocycles. The SMILES string of the molecule is O.O.O.O.O.O.O.OB(O)O.OB(O)O.OB(O)O.OB(O)O.OB(O)O.OB(O)O. The number of rotatable bonds is 0. The van der Waals surface area contributed by atoms with Crippen molar-refractivity contribution in [3.8, 4) is 0 Å². The third-order valence-electron chi connectivity index (χ3n) is 0. The van der Waals surface area contributed by atoms with Gasteiger partial charge in [-0.3, -0.25) is 0 Å². The second-order valence-electron chi connectivity index (χ2n) is 2.08. The van der Waals surface area contributed by atoms with Crippen LogP contribution in [0.4, 0.5) is 0 Å². The van der Waals surface area contributed by atoms with E-state index in [4.69, 9.17) is 90.4 Å². The second-order valence-corrected chi connectivity index (χ2v) is 2.08. The molecule has 0 rings (SSSR count). The first-order chi connectivity index (χ1) is 10.4. The van der Waals surface area contributed by atoms with Crippen LogP contribution in [-0.4, -0.2) is 173 Å². The molecule has 0 aliphatic rings. The molecule has 0 heterocycles. The van der Waals surface area contributed by atoms with Gasteiger partial charge in [-0.1, -0.05) is 0 Å². The van der Waals surface area contributed by atoms with E-state index in [1.807, 2.05) is 0 Å². The van der Waals surface area contributed by atoms with Crippen molar-refractivity contribution in [3.05, 3.63) is 0 Å². The fourth-order valence-corrected chi connectivity index (χ4v) is 0. The van der Waals surface area contributed by atoms with Crippen molar-refractivity contribution in [3.63, 3.8) is 0 Å². The van der Waals surface area contributed by atoms with Crippen LogP contribution in [0.3, 0.4) is 0 Å². The molecule has 0 saturated carbocycles. The molecule has 0 bridgehead atoms. The van der Waals surface area contributed by atoms with Crippen LogP contribution in [0.5, 0.6) is 0 Å². The molecule has 31 heteroatoms. The van der Waals surface area contributed by atoms with Gasteiger partial charge in [0.25, 0.3) is 0 Å². The molecule has 25 nitrogen and oxygen atoms in total. The molecule has 0 saturated heterocycles. The van der Waals surface area contributed by atoms with Gasteiger partial charge in [0, 0.05) is 0 Å². The molecule has 200 valence electrons. The largest absolute Gasteiger partial charge is 0.631 e. The lowest BCUT2D eigenvalue weighted by Crippen LogP contribution is -2.07. The summed E-state index contributed by atoms with van der Waals surface area (Å²) in [6.07, 6.45) is 0. The van der Waals surface area contributed by atoms with Gasteiger partial charge in [0.15, 0.2) is 0 Å². The minimum Gasteiger partial charge on any atom is -0.412 e. The number of hydrogen-bond acceptors (Lipinski definition) is 18. The maximum Gasteiger partial charge on any atom is 0.631 e. The summed E-state index contributed by atoms with van der Waals surface area (Å²) >= 11 is 0. The van der Waals surface area contributed by atoms with E-state index in [-0.39, 0.29) is 38.3 Å². The molecule has 0 fully saturated rings. The first kappa shape index (κ1) is 86.8. The first-order valence-corrected chi connectivity index (χ1v) is 4.65. The van der Waals surface area contributed by atoms with Gasteiger partial charge in [0.2, 0.25) is 0 Å². The Bertz CT molecular complexity index is 97.0. The Morgan fingerprint density at radius 2 is 0.161 bits per heavy atom. The van der Waals surface area contributed by atoms with Gasteiger partial charge < -0.3 is 129 Å². The zero-order chi connectivity index (χ0) is 21.5. The second kappa shape index (κ2) is 78.3. The lowest BCUT2D eigenvalue weighted by atomic mass is 10.3. The third-order valence-corrected chi connectivity index (χ3v) is 0. The maximum absolute atomic E-state index is 7.17. The highest BCUT2D eigenvalue weighted by Gasteiger charge is 1.94. The fraction of sp³-hybridized carbons (Fsp3) is 0. The van der Waals surface area contributed by atoms with Crippen LogP contribution in [0.15, 0.2) is 0 Å². The van der Waals surface area contributed by atoms with Crippen LogP contribution in [0.1, 0.15) is 0 Å². The van der Waals surface area contributed by atoms with Crippen LogP contribution in [0, 0.1) is 0 Å². The number of hydrogen-bond donors (Lipinski definition) is 18. The van der Waals surface area contributed by atoms with E-state index in [0.29, 0.717) is 0 Å². The highest BCUT2D eigenvalue weighted by molar-refractivity contribution is 6.31. The molecular weight excluding hydrogens is 465 g/mol. The van der Waals surface area contributed by atoms with E-state index in [1.165, 1.54) is 0 Å². The molecular formula is H32B6O25. The normalized spacial score (nSPS) is 5.23. The summed E-state index contributed by atoms with van der Waals surface area (Å²) in [5.41, 5.74) is 0. The molecule has 0 aliphatic carbocycles. The lowest BCUT2D eigenvalue weighted by molar-refractivity contribution is 0.276. The molecule has 0 spiro atoms. The fourth-order valence-electron chi connectivity index (χ4n) is 0. The minimum atomic E-state index is -2.17. The molecule has 32 N–H and O–H groups in total. The van der Waals surface area contributed by atoms with E-state index in [2.05, 4.69) is 0 Å². The highest BCUT2D eigenvalue weighted by atomic mass is 16.5. The monoisotopic (exact) mass is 498 g/mol. The molecule has 0 unspecified atom stereocenters. The van der Waals surface area contributed by atoms with E-state index < -0.39 is 43.9 Å². The summed E-state index contributed by atoms with van der Waals surface area (Å²) in [7, 11) is -13.0. The van der Waals surface area contributed by atoms with E-state index >= 15 is 0 Å². The van der Waals surface area contributed by atoms with Gasteiger partial charge in [-0.05, 0) is 0 Å². The summed E-state index contributed by atoms with van der Waals surface area (Å²) in [6, 6.07) is 0. The summed E-state index contributed by atoms with van der Waals surface area (Å²) in [5, 5.41) is 129. The Balaban J connectivity index is -0.0000000109. The van der Waals surface area contributed by atoms with E-state index in [0.717, 1.165) is 0 Å². The molecule has 0 atom stereocenters.